The molecule has 33 heavy (non-hydrogen) atoms. The van der Waals surface area contributed by atoms with Gasteiger partial charge in [-0.2, -0.15) is 0 Å². The Bertz CT molecular complexity index is 625. The van der Waals surface area contributed by atoms with Crippen molar-refractivity contribution in [3.05, 3.63) is 29.8 Å². The summed E-state index contributed by atoms with van der Waals surface area (Å²) < 4.78 is 32.7. The Morgan fingerprint density at radius 2 is 1.42 bits per heavy atom. The summed E-state index contributed by atoms with van der Waals surface area (Å²) >= 11 is 0. The van der Waals surface area contributed by atoms with E-state index in [0.29, 0.717) is 31.7 Å². The van der Waals surface area contributed by atoms with Crippen LogP contribution in [0.5, 0.6) is 0 Å². The van der Waals surface area contributed by atoms with Gasteiger partial charge in [-0.25, -0.2) is 0 Å². The Morgan fingerprint density at radius 1 is 0.909 bits per heavy atom. The summed E-state index contributed by atoms with van der Waals surface area (Å²) in [6.45, 7) is 15.9. The normalized spacial score (nSPS) is 17.1. The van der Waals surface area contributed by atoms with E-state index in [1.54, 1.807) is 21.3 Å². The van der Waals surface area contributed by atoms with Gasteiger partial charge >= 0.3 is 18.3 Å². The van der Waals surface area contributed by atoms with Crippen molar-refractivity contribution in [2.24, 2.45) is 5.92 Å². The van der Waals surface area contributed by atoms with Crippen LogP contribution < -0.4 is 4.90 Å². The smallest absolute Gasteiger partial charge is 0.375 e. The molecule has 0 aromatic heterocycles. The van der Waals surface area contributed by atoms with Gasteiger partial charge in [-0.05, 0) is 57.1 Å². The highest BCUT2D eigenvalue weighted by Gasteiger charge is 2.56. The number of hydrogen-bond donors (Lipinski definition) is 0. The number of hydrogen-bond acceptors (Lipinski definition) is 7. The minimum absolute atomic E-state index is 0.217. The standard InChI is InChI=1S/C21H37NO3Si.C3H9O3Si/c1-7-23-26(24-8-2,25-9-3)21-14-15-22(21)20-13-11-10-12-19(20)18(6)16-17(4)5;1-4-7(5-2)6-3/h10-13,17-18,21H,7-9,14-16H2,1-6H3;1-3H3. The highest BCUT2D eigenvalue weighted by molar-refractivity contribution is 6.63. The van der Waals surface area contributed by atoms with Crippen molar-refractivity contribution in [1.29, 1.82) is 0 Å². The lowest BCUT2D eigenvalue weighted by Crippen LogP contribution is -2.69. The van der Waals surface area contributed by atoms with Crippen LogP contribution in [0.1, 0.15) is 65.9 Å². The monoisotopic (exact) mass is 500 g/mol. The van der Waals surface area contributed by atoms with Crippen LogP contribution in [0, 0.1) is 5.92 Å². The third-order valence-corrected chi connectivity index (χ3v) is 10.1. The zero-order chi connectivity index (χ0) is 24.9. The van der Waals surface area contributed by atoms with E-state index >= 15 is 0 Å². The summed E-state index contributed by atoms with van der Waals surface area (Å²) in [6, 6.07) is 8.83. The summed E-state index contributed by atoms with van der Waals surface area (Å²) in [4.78, 5) is 2.47. The minimum atomic E-state index is -2.72. The summed E-state index contributed by atoms with van der Waals surface area (Å²) in [6.07, 6.45) is 2.26. The Hall–Kier alpha value is -0.786. The van der Waals surface area contributed by atoms with Crippen LogP contribution in [0.4, 0.5) is 5.69 Å². The molecular formula is C24H46NO6Si2. The van der Waals surface area contributed by atoms with Gasteiger partial charge in [0.05, 0.1) is 0 Å². The topological polar surface area (TPSA) is 58.6 Å². The maximum atomic E-state index is 6.18. The van der Waals surface area contributed by atoms with Crippen LogP contribution in [-0.4, -0.2) is 71.7 Å². The lowest BCUT2D eigenvalue weighted by atomic mass is 9.90. The van der Waals surface area contributed by atoms with Crippen LogP contribution in [0.15, 0.2) is 24.3 Å². The van der Waals surface area contributed by atoms with Gasteiger partial charge in [0.25, 0.3) is 0 Å². The second kappa shape index (κ2) is 16.0. The highest BCUT2D eigenvalue weighted by atomic mass is 28.4. The van der Waals surface area contributed by atoms with Gasteiger partial charge in [0.15, 0.2) is 0 Å². The van der Waals surface area contributed by atoms with Crippen LogP contribution in [0.3, 0.4) is 0 Å². The van der Waals surface area contributed by atoms with Crippen molar-refractivity contribution in [3.63, 3.8) is 0 Å². The first kappa shape index (κ1) is 30.2. The van der Waals surface area contributed by atoms with E-state index in [2.05, 4.69) is 49.9 Å². The van der Waals surface area contributed by atoms with E-state index in [1.165, 1.54) is 17.7 Å². The summed E-state index contributed by atoms with van der Waals surface area (Å²) in [5, 5.41) is 0. The van der Waals surface area contributed by atoms with E-state index in [1.807, 2.05) is 20.8 Å². The third-order valence-electron chi connectivity index (χ3n) is 5.57. The molecule has 2 atom stereocenters. The molecule has 1 aromatic rings. The second-order valence-corrected chi connectivity index (χ2v) is 12.8. The average molecular weight is 501 g/mol. The first-order valence-electron chi connectivity index (χ1n) is 12.1. The molecule has 1 radical (unpaired) electrons. The van der Waals surface area contributed by atoms with E-state index in [-0.39, 0.29) is 5.67 Å². The van der Waals surface area contributed by atoms with Crippen LogP contribution in [-0.2, 0) is 26.6 Å². The first-order valence-corrected chi connectivity index (χ1v) is 15.1. The molecule has 1 heterocycles. The second-order valence-electron chi connectivity index (χ2n) is 8.35. The third kappa shape index (κ3) is 8.74. The van der Waals surface area contributed by atoms with Crippen LogP contribution in [0.25, 0.3) is 0 Å². The molecule has 0 amide bonds. The van der Waals surface area contributed by atoms with Gasteiger partial charge in [0.1, 0.15) is 5.67 Å². The van der Waals surface area contributed by atoms with Gasteiger partial charge in [-0.15, -0.1) is 0 Å². The van der Waals surface area contributed by atoms with Gasteiger partial charge < -0.3 is 31.5 Å². The zero-order valence-corrected chi connectivity index (χ0v) is 24.2. The maximum Gasteiger partial charge on any atom is 0.576 e. The fraction of sp³-hybridized carbons (Fsp3) is 0.750. The molecule has 1 saturated heterocycles. The van der Waals surface area contributed by atoms with E-state index in [9.17, 15) is 0 Å². The SMILES string of the molecule is CCO[Si](OCC)(OCC)C1CCN1c1ccccc1C(C)CC(C)C.CO[Si](OC)OC. The fourth-order valence-electron chi connectivity index (χ4n) is 4.31. The number of anilines is 1. The fourth-order valence-corrected chi connectivity index (χ4v) is 7.98. The molecular weight excluding hydrogens is 454 g/mol. The van der Waals surface area contributed by atoms with Crippen LogP contribution in [0.2, 0.25) is 0 Å². The van der Waals surface area contributed by atoms with Crippen molar-refractivity contribution in [2.75, 3.05) is 52.6 Å². The molecule has 0 spiro atoms. The zero-order valence-electron chi connectivity index (χ0n) is 22.2. The van der Waals surface area contributed by atoms with E-state index in [0.717, 1.165) is 13.0 Å². The number of para-hydroxylation sites is 1. The van der Waals surface area contributed by atoms with Crippen molar-refractivity contribution in [3.8, 4) is 0 Å². The molecule has 7 nitrogen and oxygen atoms in total. The predicted molar refractivity (Wildman–Crippen MR) is 137 cm³/mol. The quantitative estimate of drug-likeness (QED) is 0.336. The number of nitrogens with zero attached hydrogens (tertiary/aromatic N) is 1. The lowest BCUT2D eigenvalue weighted by molar-refractivity contribution is 0.0550. The Morgan fingerprint density at radius 3 is 1.79 bits per heavy atom. The summed E-state index contributed by atoms with van der Waals surface area (Å²) in [5.74, 6) is 1.23. The Balaban J connectivity index is 0.000000675. The molecule has 1 aromatic carbocycles. The predicted octanol–water partition coefficient (Wildman–Crippen LogP) is 4.91. The summed E-state index contributed by atoms with van der Waals surface area (Å²) in [5.41, 5.74) is 2.97. The minimum Gasteiger partial charge on any atom is -0.375 e. The number of benzene rings is 1. The Labute approximate surface area is 205 Å². The molecule has 9 heteroatoms. The molecule has 1 fully saturated rings. The van der Waals surface area contributed by atoms with Crippen molar-refractivity contribution >= 4 is 24.0 Å². The van der Waals surface area contributed by atoms with E-state index < -0.39 is 18.3 Å². The van der Waals surface area contributed by atoms with Crippen molar-refractivity contribution in [1.82, 2.24) is 0 Å². The molecule has 0 saturated carbocycles. The van der Waals surface area contributed by atoms with Crippen LogP contribution >= 0.6 is 0 Å². The molecule has 0 N–H and O–H groups in total. The molecule has 191 valence electrons. The first-order chi connectivity index (χ1) is 15.8. The van der Waals surface area contributed by atoms with Gasteiger partial charge in [-0.3, -0.25) is 0 Å². The van der Waals surface area contributed by atoms with E-state index in [4.69, 9.17) is 26.6 Å². The molecule has 2 rings (SSSR count). The Kier molecular flexibility index (Phi) is 14.7. The molecule has 1 aliphatic heterocycles. The van der Waals surface area contributed by atoms with Gasteiger partial charge in [-0.1, -0.05) is 39.0 Å². The van der Waals surface area contributed by atoms with Gasteiger partial charge in [0.2, 0.25) is 0 Å². The lowest BCUT2D eigenvalue weighted by Gasteiger charge is -2.50. The van der Waals surface area contributed by atoms with Crippen molar-refractivity contribution < 1.29 is 26.6 Å². The molecule has 1 aliphatic rings. The van der Waals surface area contributed by atoms with Crippen molar-refractivity contribution in [2.45, 2.75) is 66.0 Å². The molecule has 2 unspecified atom stereocenters. The van der Waals surface area contributed by atoms with Gasteiger partial charge in [0, 0.05) is 53.4 Å². The number of rotatable bonds is 14. The highest BCUT2D eigenvalue weighted by Crippen LogP contribution is 2.39. The largest absolute Gasteiger partial charge is 0.576 e. The molecule has 0 aliphatic carbocycles. The molecule has 0 bridgehead atoms. The average Bonchev–Trinajstić information content (AvgIpc) is 2.75. The summed E-state index contributed by atoms with van der Waals surface area (Å²) in [7, 11) is 0.586. The maximum absolute atomic E-state index is 6.18.